The SMILES string of the molecule is N#CC1(NC(=O)[C@@H]2C[C@@H](S(=O)(=O)c3ccc(OCC(F)(F)F)cc3Cl)CN2C(=O)C2(c3ncc(Br)cc3F)CCC2)CC1. The number of rotatable bonds is 8. The summed E-state index contributed by atoms with van der Waals surface area (Å²) in [5, 5.41) is 10.4. The molecule has 1 saturated heterocycles. The van der Waals surface area contributed by atoms with Crippen LogP contribution in [-0.2, 0) is 24.8 Å². The Hall–Kier alpha value is -2.96. The third-order valence-corrected chi connectivity index (χ3v) is 11.1. The highest BCUT2D eigenvalue weighted by Crippen LogP contribution is 2.47. The van der Waals surface area contributed by atoms with Gasteiger partial charge in [-0.25, -0.2) is 12.8 Å². The normalized spacial score (nSPS) is 22.3. The zero-order valence-corrected chi connectivity index (χ0v) is 25.4. The van der Waals surface area contributed by atoms with E-state index in [-0.39, 0.29) is 30.7 Å². The number of halogens is 6. The van der Waals surface area contributed by atoms with Gasteiger partial charge in [0.2, 0.25) is 11.8 Å². The summed E-state index contributed by atoms with van der Waals surface area (Å²) in [5.74, 6) is -2.41. The van der Waals surface area contributed by atoms with Gasteiger partial charge in [0, 0.05) is 23.3 Å². The van der Waals surface area contributed by atoms with Gasteiger partial charge in [0.05, 0.1) is 32.3 Å². The molecule has 2 aromatic rings. The zero-order valence-electron chi connectivity index (χ0n) is 22.3. The molecule has 230 valence electrons. The van der Waals surface area contributed by atoms with E-state index in [1.807, 2.05) is 6.07 Å². The van der Waals surface area contributed by atoms with Crippen molar-refractivity contribution in [2.75, 3.05) is 13.2 Å². The van der Waals surface area contributed by atoms with E-state index in [4.69, 9.17) is 11.6 Å². The van der Waals surface area contributed by atoms with Crippen LogP contribution in [0.15, 0.2) is 39.8 Å². The lowest BCUT2D eigenvalue weighted by molar-refractivity contribution is -0.153. The Bertz CT molecular complexity index is 1630. The molecule has 9 nitrogen and oxygen atoms in total. The molecule has 0 spiro atoms. The molecule has 43 heavy (non-hydrogen) atoms. The molecule has 0 radical (unpaired) electrons. The molecule has 2 heterocycles. The number of nitriles is 1. The standard InChI is InChI=1S/C27H24BrClF4N4O5S/c28-15-8-19(30)22(35-11-15)26(4-1-5-26)24(39)37-12-17(10-20(37)23(38)36-25(13-34)6-7-25)43(40,41)21-3-2-16(9-18(21)29)42-14-27(31,32)33/h2-3,8-9,11,17,20H,1,4-7,10,12,14H2,(H,36,38)/t17-,20+/m1/s1. The number of nitrogens with zero attached hydrogens (tertiary/aromatic N) is 3. The predicted molar refractivity (Wildman–Crippen MR) is 147 cm³/mol. The number of hydrogen-bond acceptors (Lipinski definition) is 7. The Balaban J connectivity index is 1.46. The van der Waals surface area contributed by atoms with Crippen LogP contribution < -0.4 is 10.1 Å². The van der Waals surface area contributed by atoms with Gasteiger partial charge in [-0.1, -0.05) is 18.0 Å². The highest BCUT2D eigenvalue weighted by Gasteiger charge is 2.56. The molecule has 1 aromatic carbocycles. The fraction of sp³-hybridized carbons (Fsp3) is 0.481. The van der Waals surface area contributed by atoms with E-state index in [0.29, 0.717) is 23.7 Å². The summed E-state index contributed by atoms with van der Waals surface area (Å²) < 4.78 is 85.2. The molecule has 3 fully saturated rings. The summed E-state index contributed by atoms with van der Waals surface area (Å²) >= 11 is 9.32. The fourth-order valence-corrected chi connectivity index (χ4v) is 8.01. The number of carbonyl (C=O) groups excluding carboxylic acids is 2. The Morgan fingerprint density at radius 3 is 2.47 bits per heavy atom. The van der Waals surface area contributed by atoms with Gasteiger partial charge >= 0.3 is 6.18 Å². The molecule has 0 unspecified atom stereocenters. The number of hydrogen-bond donors (Lipinski definition) is 1. The van der Waals surface area contributed by atoms with Gasteiger partial charge in [0.1, 0.15) is 23.1 Å². The third-order valence-electron chi connectivity index (χ3n) is 8.08. The summed E-state index contributed by atoms with van der Waals surface area (Å²) in [7, 11) is -4.35. The predicted octanol–water partition coefficient (Wildman–Crippen LogP) is 4.62. The van der Waals surface area contributed by atoms with Crippen molar-refractivity contribution in [2.24, 2.45) is 0 Å². The molecule has 1 aliphatic heterocycles. The van der Waals surface area contributed by atoms with Gasteiger partial charge < -0.3 is 15.0 Å². The maximum atomic E-state index is 15.1. The molecular formula is C27H24BrClF4N4O5S. The lowest BCUT2D eigenvalue weighted by atomic mass is 9.65. The van der Waals surface area contributed by atoms with Crippen LogP contribution in [0.5, 0.6) is 5.75 Å². The van der Waals surface area contributed by atoms with Crippen LogP contribution in [0.2, 0.25) is 5.02 Å². The molecule has 2 atom stereocenters. The summed E-state index contributed by atoms with van der Waals surface area (Å²) in [6.07, 6.45) is -1.80. The number of benzene rings is 1. The number of likely N-dealkylation sites (tertiary alicyclic amines) is 1. The zero-order chi connectivity index (χ0) is 31.4. The second-order valence-electron chi connectivity index (χ2n) is 11.0. The van der Waals surface area contributed by atoms with E-state index in [9.17, 15) is 36.4 Å². The first-order valence-electron chi connectivity index (χ1n) is 13.2. The maximum Gasteiger partial charge on any atom is 0.422 e. The summed E-state index contributed by atoms with van der Waals surface area (Å²) in [6, 6.07) is 4.87. The highest BCUT2D eigenvalue weighted by molar-refractivity contribution is 9.10. The van der Waals surface area contributed by atoms with Crippen molar-refractivity contribution in [3.05, 3.63) is 51.5 Å². The van der Waals surface area contributed by atoms with Crippen LogP contribution in [0.4, 0.5) is 17.6 Å². The minimum atomic E-state index is -4.62. The summed E-state index contributed by atoms with van der Waals surface area (Å²) in [4.78, 5) is 32.5. The van der Waals surface area contributed by atoms with Crippen LogP contribution in [0.1, 0.15) is 44.2 Å². The largest absolute Gasteiger partial charge is 0.484 e. The average molecular weight is 708 g/mol. The topological polar surface area (TPSA) is 129 Å². The number of ether oxygens (including phenoxy) is 1. The number of sulfone groups is 1. The van der Waals surface area contributed by atoms with Gasteiger partial charge in [-0.05, 0) is 66.2 Å². The van der Waals surface area contributed by atoms with E-state index in [1.165, 1.54) is 12.3 Å². The van der Waals surface area contributed by atoms with Gasteiger partial charge in [0.15, 0.2) is 16.4 Å². The highest BCUT2D eigenvalue weighted by atomic mass is 79.9. The quantitative estimate of drug-likeness (QED) is 0.397. The Kier molecular flexibility index (Phi) is 8.19. The van der Waals surface area contributed by atoms with E-state index < -0.39 is 79.0 Å². The van der Waals surface area contributed by atoms with E-state index in [0.717, 1.165) is 23.1 Å². The lowest BCUT2D eigenvalue weighted by Gasteiger charge is -2.43. The second kappa shape index (κ2) is 11.2. The van der Waals surface area contributed by atoms with Gasteiger partial charge in [-0.3, -0.25) is 14.6 Å². The van der Waals surface area contributed by atoms with Crippen molar-refractivity contribution in [3.63, 3.8) is 0 Å². The molecule has 5 rings (SSSR count). The number of aromatic nitrogens is 1. The van der Waals surface area contributed by atoms with E-state index in [1.54, 1.807) is 0 Å². The van der Waals surface area contributed by atoms with Crippen molar-refractivity contribution in [3.8, 4) is 11.8 Å². The van der Waals surface area contributed by atoms with Crippen molar-refractivity contribution >= 4 is 49.2 Å². The molecule has 2 aliphatic carbocycles. The lowest BCUT2D eigenvalue weighted by Crippen LogP contribution is -2.57. The molecule has 1 aromatic heterocycles. The maximum absolute atomic E-state index is 15.1. The third kappa shape index (κ3) is 6.06. The average Bonchev–Trinajstić information content (AvgIpc) is 3.52. The van der Waals surface area contributed by atoms with Crippen LogP contribution in [0.25, 0.3) is 0 Å². The second-order valence-corrected chi connectivity index (χ2v) is 14.5. The number of nitrogens with one attached hydrogen (secondary N) is 1. The monoisotopic (exact) mass is 706 g/mol. The van der Waals surface area contributed by atoms with Gasteiger partial charge in [-0.2, -0.15) is 18.4 Å². The molecule has 0 bridgehead atoms. The molecule has 1 N–H and O–H groups in total. The first kappa shape index (κ1) is 31.5. The number of carbonyl (C=O) groups is 2. The van der Waals surface area contributed by atoms with Crippen LogP contribution >= 0.6 is 27.5 Å². The smallest absolute Gasteiger partial charge is 0.422 e. The van der Waals surface area contributed by atoms with Gasteiger partial charge in [0.25, 0.3) is 0 Å². The first-order chi connectivity index (χ1) is 20.1. The van der Waals surface area contributed by atoms with Crippen molar-refractivity contribution in [2.45, 2.75) is 71.8 Å². The number of pyridine rings is 1. The van der Waals surface area contributed by atoms with E-state index >= 15 is 4.39 Å². The molecule has 16 heteroatoms. The summed E-state index contributed by atoms with van der Waals surface area (Å²) in [6.45, 7) is -2.05. The molecule has 2 amide bonds. The minimum absolute atomic E-state index is 0.106. The Labute approximate surface area is 257 Å². The Morgan fingerprint density at radius 1 is 1.23 bits per heavy atom. The number of alkyl halides is 3. The number of amides is 2. The van der Waals surface area contributed by atoms with E-state index in [2.05, 4.69) is 31.0 Å². The molecule has 2 saturated carbocycles. The summed E-state index contributed by atoms with van der Waals surface area (Å²) in [5.41, 5.74) is -2.62. The minimum Gasteiger partial charge on any atom is -0.484 e. The van der Waals surface area contributed by atoms with Crippen molar-refractivity contribution in [1.82, 2.24) is 15.2 Å². The fourth-order valence-electron chi connectivity index (χ4n) is 5.47. The van der Waals surface area contributed by atoms with Crippen LogP contribution in [0.3, 0.4) is 0 Å². The Morgan fingerprint density at radius 2 is 1.93 bits per heavy atom. The van der Waals surface area contributed by atoms with Crippen molar-refractivity contribution < 1.29 is 40.3 Å². The van der Waals surface area contributed by atoms with Gasteiger partial charge in [-0.15, -0.1) is 0 Å². The molecule has 3 aliphatic rings. The first-order valence-corrected chi connectivity index (χ1v) is 15.9. The van der Waals surface area contributed by atoms with Crippen LogP contribution in [-0.4, -0.2) is 66.3 Å². The van der Waals surface area contributed by atoms with Crippen molar-refractivity contribution in [1.29, 1.82) is 5.26 Å². The van der Waals surface area contributed by atoms with Crippen LogP contribution in [0, 0.1) is 17.1 Å². The molecular weight excluding hydrogens is 684 g/mol.